The molecular formula is C19H16ClFN2OS. The second kappa shape index (κ2) is 7.76. The molecule has 3 aromatic rings. The summed E-state index contributed by atoms with van der Waals surface area (Å²) in [6.07, 6.45) is 0.225. The van der Waals surface area contributed by atoms with Crippen LogP contribution in [0.25, 0.3) is 11.3 Å². The largest absolute Gasteiger partial charge is 0.352 e. The molecule has 0 saturated heterocycles. The van der Waals surface area contributed by atoms with Gasteiger partial charge in [-0.05, 0) is 42.8 Å². The molecule has 128 valence electrons. The van der Waals surface area contributed by atoms with Gasteiger partial charge in [-0.2, -0.15) is 0 Å². The Morgan fingerprint density at radius 2 is 1.92 bits per heavy atom. The number of aryl methyl sites for hydroxylation is 1. The lowest BCUT2D eigenvalue weighted by molar-refractivity contribution is -0.120. The molecule has 1 heterocycles. The predicted molar refractivity (Wildman–Crippen MR) is 99.2 cm³/mol. The fourth-order valence-corrected chi connectivity index (χ4v) is 3.63. The van der Waals surface area contributed by atoms with Crippen LogP contribution in [-0.4, -0.2) is 10.9 Å². The molecule has 0 unspecified atom stereocenters. The maximum absolute atomic E-state index is 13.1. The zero-order chi connectivity index (χ0) is 17.8. The Morgan fingerprint density at radius 1 is 1.20 bits per heavy atom. The van der Waals surface area contributed by atoms with Crippen LogP contribution in [0.3, 0.4) is 0 Å². The Bertz CT molecular complexity index is 893. The molecule has 0 bridgehead atoms. The highest BCUT2D eigenvalue weighted by molar-refractivity contribution is 7.12. The number of amides is 1. The monoisotopic (exact) mass is 374 g/mol. The number of hydrogen-bond acceptors (Lipinski definition) is 3. The van der Waals surface area contributed by atoms with Crippen molar-refractivity contribution in [3.63, 3.8) is 0 Å². The third kappa shape index (κ3) is 4.44. The Labute approximate surface area is 154 Å². The topological polar surface area (TPSA) is 42.0 Å². The highest BCUT2D eigenvalue weighted by Crippen LogP contribution is 2.28. The molecule has 2 aromatic carbocycles. The first-order valence-corrected chi connectivity index (χ1v) is 8.94. The van der Waals surface area contributed by atoms with Crippen LogP contribution >= 0.6 is 22.9 Å². The molecule has 3 rings (SSSR count). The minimum atomic E-state index is -0.297. The second-order valence-corrected chi connectivity index (χ2v) is 7.25. The van der Waals surface area contributed by atoms with Gasteiger partial charge in [0.05, 0.1) is 17.1 Å². The summed E-state index contributed by atoms with van der Waals surface area (Å²) in [5.41, 5.74) is 2.41. The summed E-state index contributed by atoms with van der Waals surface area (Å²) in [5, 5.41) is 4.38. The van der Waals surface area contributed by atoms with Crippen LogP contribution in [-0.2, 0) is 17.8 Å². The quantitative estimate of drug-likeness (QED) is 0.699. The van der Waals surface area contributed by atoms with Gasteiger partial charge in [-0.3, -0.25) is 4.79 Å². The predicted octanol–water partition coefficient (Wildman–Crippen LogP) is 4.77. The van der Waals surface area contributed by atoms with Gasteiger partial charge in [-0.1, -0.05) is 29.8 Å². The number of hydrogen-bond donors (Lipinski definition) is 1. The minimum Gasteiger partial charge on any atom is -0.352 e. The van der Waals surface area contributed by atoms with Crippen molar-refractivity contribution < 1.29 is 9.18 Å². The highest BCUT2D eigenvalue weighted by atomic mass is 35.5. The van der Waals surface area contributed by atoms with Crippen LogP contribution in [0, 0.1) is 12.7 Å². The van der Waals surface area contributed by atoms with Gasteiger partial charge in [-0.25, -0.2) is 9.37 Å². The Balaban J connectivity index is 1.71. The fourth-order valence-electron chi connectivity index (χ4n) is 2.47. The van der Waals surface area contributed by atoms with E-state index in [0.29, 0.717) is 11.6 Å². The van der Waals surface area contributed by atoms with Crippen molar-refractivity contribution in [3.8, 4) is 11.3 Å². The van der Waals surface area contributed by atoms with Crippen LogP contribution in [0.2, 0.25) is 5.02 Å². The fraction of sp³-hybridized carbons (Fsp3) is 0.158. The van der Waals surface area contributed by atoms with E-state index in [-0.39, 0.29) is 18.1 Å². The molecular weight excluding hydrogens is 359 g/mol. The number of thiazole rings is 1. The Kier molecular flexibility index (Phi) is 5.46. The van der Waals surface area contributed by atoms with Crippen molar-refractivity contribution in [2.75, 3.05) is 0 Å². The summed E-state index contributed by atoms with van der Waals surface area (Å²) < 4.78 is 13.1. The van der Waals surface area contributed by atoms with Gasteiger partial charge < -0.3 is 5.32 Å². The van der Waals surface area contributed by atoms with Crippen molar-refractivity contribution in [1.29, 1.82) is 0 Å². The molecule has 1 aromatic heterocycles. The smallest absolute Gasteiger partial charge is 0.225 e. The minimum absolute atomic E-state index is 0.105. The summed E-state index contributed by atoms with van der Waals surface area (Å²) >= 11 is 7.57. The highest BCUT2D eigenvalue weighted by Gasteiger charge is 2.15. The van der Waals surface area contributed by atoms with Crippen molar-refractivity contribution >= 4 is 28.8 Å². The number of rotatable bonds is 5. The van der Waals surface area contributed by atoms with E-state index in [0.717, 1.165) is 26.7 Å². The van der Waals surface area contributed by atoms with Crippen LogP contribution in [0.15, 0.2) is 48.5 Å². The third-order valence-electron chi connectivity index (χ3n) is 3.68. The van der Waals surface area contributed by atoms with Gasteiger partial charge in [-0.15, -0.1) is 11.3 Å². The number of halogens is 2. The van der Waals surface area contributed by atoms with Gasteiger partial charge in [0.15, 0.2) is 0 Å². The number of carbonyl (C=O) groups is 1. The number of aromatic nitrogens is 1. The molecule has 1 amide bonds. The van der Waals surface area contributed by atoms with E-state index < -0.39 is 0 Å². The first-order valence-electron chi connectivity index (χ1n) is 7.75. The van der Waals surface area contributed by atoms with Gasteiger partial charge in [0.1, 0.15) is 5.82 Å². The maximum atomic E-state index is 13.1. The SMILES string of the molecule is Cc1nc(-c2ccc(F)cc2)c(CC(=O)NCc2ccccc2Cl)s1. The molecule has 0 aliphatic heterocycles. The lowest BCUT2D eigenvalue weighted by Crippen LogP contribution is -2.24. The lowest BCUT2D eigenvalue weighted by atomic mass is 10.1. The average molecular weight is 375 g/mol. The Hall–Kier alpha value is -2.24. The van der Waals surface area contributed by atoms with Crippen LogP contribution in [0.4, 0.5) is 4.39 Å². The molecule has 25 heavy (non-hydrogen) atoms. The molecule has 6 heteroatoms. The van der Waals surface area contributed by atoms with E-state index in [4.69, 9.17) is 11.6 Å². The molecule has 0 saturated carbocycles. The zero-order valence-electron chi connectivity index (χ0n) is 13.6. The first kappa shape index (κ1) is 17.6. The van der Waals surface area contributed by atoms with Crippen molar-refractivity contribution in [3.05, 3.63) is 74.8 Å². The van der Waals surface area contributed by atoms with E-state index in [1.165, 1.54) is 23.5 Å². The zero-order valence-corrected chi connectivity index (χ0v) is 15.1. The molecule has 0 fully saturated rings. The molecule has 3 nitrogen and oxygen atoms in total. The van der Waals surface area contributed by atoms with E-state index in [9.17, 15) is 9.18 Å². The summed E-state index contributed by atoms with van der Waals surface area (Å²) in [5.74, 6) is -0.401. The normalized spacial score (nSPS) is 10.7. The summed E-state index contributed by atoms with van der Waals surface area (Å²) in [4.78, 5) is 17.7. The van der Waals surface area contributed by atoms with Gasteiger partial charge in [0.25, 0.3) is 0 Å². The van der Waals surface area contributed by atoms with Crippen LogP contribution in [0.5, 0.6) is 0 Å². The lowest BCUT2D eigenvalue weighted by Gasteiger charge is -2.07. The van der Waals surface area contributed by atoms with Crippen molar-refractivity contribution in [2.45, 2.75) is 19.9 Å². The standard InChI is InChI=1S/C19H16ClFN2OS/c1-12-23-19(13-6-8-15(21)9-7-13)17(25-12)10-18(24)22-11-14-4-2-3-5-16(14)20/h2-9H,10-11H2,1H3,(H,22,24). The number of nitrogens with zero attached hydrogens (tertiary/aromatic N) is 1. The molecule has 1 N–H and O–H groups in total. The second-order valence-electron chi connectivity index (χ2n) is 5.56. The first-order chi connectivity index (χ1) is 12.0. The molecule has 0 atom stereocenters. The third-order valence-corrected chi connectivity index (χ3v) is 5.02. The Morgan fingerprint density at radius 3 is 2.64 bits per heavy atom. The molecule has 0 aliphatic carbocycles. The maximum Gasteiger partial charge on any atom is 0.225 e. The van der Waals surface area contributed by atoms with E-state index in [1.807, 2.05) is 25.1 Å². The van der Waals surface area contributed by atoms with E-state index >= 15 is 0 Å². The van der Waals surface area contributed by atoms with E-state index in [1.54, 1.807) is 18.2 Å². The van der Waals surface area contributed by atoms with Crippen LogP contribution in [0.1, 0.15) is 15.4 Å². The number of nitrogens with one attached hydrogen (secondary N) is 1. The van der Waals surface area contributed by atoms with Crippen molar-refractivity contribution in [1.82, 2.24) is 10.3 Å². The molecule has 0 aliphatic rings. The van der Waals surface area contributed by atoms with E-state index in [2.05, 4.69) is 10.3 Å². The van der Waals surface area contributed by atoms with Gasteiger partial charge >= 0.3 is 0 Å². The number of carbonyl (C=O) groups excluding carboxylic acids is 1. The van der Waals surface area contributed by atoms with Gasteiger partial charge in [0, 0.05) is 22.0 Å². The van der Waals surface area contributed by atoms with Crippen LogP contribution < -0.4 is 5.32 Å². The van der Waals surface area contributed by atoms with Crippen molar-refractivity contribution in [2.24, 2.45) is 0 Å². The molecule has 0 spiro atoms. The summed E-state index contributed by atoms with van der Waals surface area (Å²) in [6, 6.07) is 13.5. The average Bonchev–Trinajstić information content (AvgIpc) is 2.95. The molecule has 0 radical (unpaired) electrons. The summed E-state index contributed by atoms with van der Waals surface area (Å²) in [7, 11) is 0. The number of benzene rings is 2. The summed E-state index contributed by atoms with van der Waals surface area (Å²) in [6.45, 7) is 2.27. The van der Waals surface area contributed by atoms with Gasteiger partial charge in [0.2, 0.25) is 5.91 Å².